The highest BCUT2D eigenvalue weighted by molar-refractivity contribution is 5.79. The number of carbonyl (C=O) groups excluding carboxylic acids is 1. The first-order chi connectivity index (χ1) is 13.7. The number of carbonyl (C=O) groups is 1. The zero-order valence-electron chi connectivity index (χ0n) is 17.0. The standard InChI is InChI=1S/C23H32N4O/c1-25-16-20(15-24-25)17-26-13-10-21(11-14-26)22-9-5-6-12-27(23(22)28)18-19-7-3-2-4-8-19/h2-4,7-8,15-16,21-22H,5-6,9-14,17-18H2,1H3/t22-/m1/s1. The topological polar surface area (TPSA) is 41.4 Å². The number of piperidine rings is 1. The van der Waals surface area contributed by atoms with Crippen molar-refractivity contribution in [1.82, 2.24) is 19.6 Å². The SMILES string of the molecule is Cn1cc(CN2CCC([C@H]3CCCCN(Cc4ccccc4)C3=O)CC2)cn1. The number of aryl methyl sites for hydroxylation is 1. The van der Waals surface area contributed by atoms with Gasteiger partial charge >= 0.3 is 0 Å². The van der Waals surface area contributed by atoms with Crippen molar-refractivity contribution in [3.8, 4) is 0 Å². The zero-order valence-corrected chi connectivity index (χ0v) is 17.0. The number of likely N-dealkylation sites (tertiary alicyclic amines) is 2. The van der Waals surface area contributed by atoms with Crippen molar-refractivity contribution < 1.29 is 4.79 Å². The highest BCUT2D eigenvalue weighted by Gasteiger charge is 2.35. The molecular formula is C23H32N4O. The van der Waals surface area contributed by atoms with Gasteiger partial charge in [0.25, 0.3) is 0 Å². The summed E-state index contributed by atoms with van der Waals surface area (Å²) in [6.07, 6.45) is 9.71. The Morgan fingerprint density at radius 1 is 0.964 bits per heavy atom. The summed E-state index contributed by atoms with van der Waals surface area (Å²) in [5, 5.41) is 4.27. The van der Waals surface area contributed by atoms with Crippen molar-refractivity contribution >= 4 is 5.91 Å². The highest BCUT2D eigenvalue weighted by Crippen LogP contribution is 2.33. The van der Waals surface area contributed by atoms with Crippen LogP contribution in [0.3, 0.4) is 0 Å². The van der Waals surface area contributed by atoms with Gasteiger partial charge in [0, 0.05) is 44.4 Å². The lowest BCUT2D eigenvalue weighted by Gasteiger charge is -2.36. The lowest BCUT2D eigenvalue weighted by molar-refractivity contribution is -0.138. The molecule has 150 valence electrons. The summed E-state index contributed by atoms with van der Waals surface area (Å²) in [5.74, 6) is 1.15. The van der Waals surface area contributed by atoms with E-state index in [-0.39, 0.29) is 5.92 Å². The fraction of sp³-hybridized carbons (Fsp3) is 0.565. The van der Waals surface area contributed by atoms with Crippen molar-refractivity contribution in [3.05, 3.63) is 53.9 Å². The number of nitrogens with zero attached hydrogens (tertiary/aromatic N) is 4. The molecule has 1 aromatic heterocycles. The van der Waals surface area contributed by atoms with E-state index in [1.807, 2.05) is 24.0 Å². The van der Waals surface area contributed by atoms with E-state index in [1.54, 1.807) is 0 Å². The Kier molecular flexibility index (Phi) is 6.10. The molecule has 2 saturated heterocycles. The molecule has 2 aliphatic rings. The molecule has 0 saturated carbocycles. The second-order valence-corrected chi connectivity index (χ2v) is 8.48. The van der Waals surface area contributed by atoms with E-state index < -0.39 is 0 Å². The molecule has 5 nitrogen and oxygen atoms in total. The van der Waals surface area contributed by atoms with Crippen LogP contribution in [0.25, 0.3) is 0 Å². The van der Waals surface area contributed by atoms with Gasteiger partial charge < -0.3 is 4.90 Å². The molecule has 1 aromatic carbocycles. The maximum Gasteiger partial charge on any atom is 0.226 e. The maximum atomic E-state index is 13.3. The van der Waals surface area contributed by atoms with Crippen LogP contribution in [0.5, 0.6) is 0 Å². The molecule has 2 aliphatic heterocycles. The quantitative estimate of drug-likeness (QED) is 0.798. The van der Waals surface area contributed by atoms with E-state index in [4.69, 9.17) is 0 Å². The van der Waals surface area contributed by atoms with E-state index in [9.17, 15) is 4.79 Å². The monoisotopic (exact) mass is 380 g/mol. The van der Waals surface area contributed by atoms with Gasteiger partial charge in [-0.25, -0.2) is 0 Å². The van der Waals surface area contributed by atoms with Gasteiger partial charge in [0.2, 0.25) is 5.91 Å². The number of hydrogen-bond acceptors (Lipinski definition) is 3. The van der Waals surface area contributed by atoms with Gasteiger partial charge in [0.05, 0.1) is 6.20 Å². The van der Waals surface area contributed by atoms with Gasteiger partial charge in [0.15, 0.2) is 0 Å². The molecule has 0 spiro atoms. The zero-order chi connectivity index (χ0) is 19.3. The Bertz CT molecular complexity index is 764. The molecule has 4 rings (SSSR count). The van der Waals surface area contributed by atoms with Crippen LogP contribution in [0.1, 0.15) is 43.2 Å². The van der Waals surface area contributed by atoms with Crippen LogP contribution >= 0.6 is 0 Å². The molecule has 0 N–H and O–H groups in total. The van der Waals surface area contributed by atoms with Gasteiger partial charge in [-0.05, 0) is 50.3 Å². The predicted molar refractivity (Wildman–Crippen MR) is 110 cm³/mol. The molecule has 0 bridgehead atoms. The molecular weight excluding hydrogens is 348 g/mol. The highest BCUT2D eigenvalue weighted by atomic mass is 16.2. The largest absolute Gasteiger partial charge is 0.338 e. The number of hydrogen-bond donors (Lipinski definition) is 0. The minimum Gasteiger partial charge on any atom is -0.338 e. The van der Waals surface area contributed by atoms with Crippen LogP contribution in [-0.4, -0.2) is 45.1 Å². The molecule has 28 heavy (non-hydrogen) atoms. The average molecular weight is 381 g/mol. The Labute approximate surface area is 168 Å². The summed E-state index contributed by atoms with van der Waals surface area (Å²) in [7, 11) is 1.97. The average Bonchev–Trinajstić information content (AvgIpc) is 3.04. The molecule has 2 fully saturated rings. The molecule has 5 heteroatoms. The Balaban J connectivity index is 1.34. The minimum atomic E-state index is 0.215. The van der Waals surface area contributed by atoms with E-state index in [0.717, 1.165) is 58.4 Å². The minimum absolute atomic E-state index is 0.215. The third-order valence-corrected chi connectivity index (χ3v) is 6.40. The first-order valence-electron chi connectivity index (χ1n) is 10.7. The van der Waals surface area contributed by atoms with Crippen molar-refractivity contribution in [2.75, 3.05) is 19.6 Å². The molecule has 2 aromatic rings. The Morgan fingerprint density at radius 3 is 2.46 bits per heavy atom. The number of amides is 1. The van der Waals surface area contributed by atoms with Gasteiger partial charge in [-0.15, -0.1) is 0 Å². The summed E-state index contributed by atoms with van der Waals surface area (Å²) < 4.78 is 1.87. The lowest BCUT2D eigenvalue weighted by atomic mass is 9.81. The van der Waals surface area contributed by atoms with Gasteiger partial charge in [-0.3, -0.25) is 14.4 Å². The molecule has 0 unspecified atom stereocenters. The molecule has 1 atom stereocenters. The number of benzene rings is 1. The maximum absolute atomic E-state index is 13.3. The normalized spacial score (nSPS) is 22.4. The molecule has 0 aliphatic carbocycles. The second-order valence-electron chi connectivity index (χ2n) is 8.48. The molecule has 0 radical (unpaired) electrons. The van der Waals surface area contributed by atoms with Crippen LogP contribution in [-0.2, 0) is 24.9 Å². The first kappa shape index (κ1) is 19.2. The Morgan fingerprint density at radius 2 is 1.75 bits per heavy atom. The lowest BCUT2D eigenvalue weighted by Crippen LogP contribution is -2.42. The Hall–Kier alpha value is -2.14. The van der Waals surface area contributed by atoms with E-state index in [0.29, 0.717) is 11.8 Å². The predicted octanol–water partition coefficient (Wildman–Crippen LogP) is 3.46. The van der Waals surface area contributed by atoms with Crippen molar-refractivity contribution in [2.45, 2.75) is 45.2 Å². The van der Waals surface area contributed by atoms with Crippen LogP contribution in [0.4, 0.5) is 0 Å². The number of aromatic nitrogens is 2. The summed E-state index contributed by atoms with van der Waals surface area (Å²) in [4.78, 5) is 18.0. The molecule has 1 amide bonds. The summed E-state index contributed by atoms with van der Waals surface area (Å²) >= 11 is 0. The van der Waals surface area contributed by atoms with Crippen LogP contribution < -0.4 is 0 Å². The summed E-state index contributed by atoms with van der Waals surface area (Å²) in [5.41, 5.74) is 2.52. The van der Waals surface area contributed by atoms with Crippen molar-refractivity contribution in [1.29, 1.82) is 0 Å². The van der Waals surface area contributed by atoms with Crippen LogP contribution in [0.15, 0.2) is 42.7 Å². The summed E-state index contributed by atoms with van der Waals surface area (Å²) in [6, 6.07) is 10.4. The third kappa shape index (κ3) is 4.64. The van der Waals surface area contributed by atoms with Crippen LogP contribution in [0, 0.1) is 11.8 Å². The van der Waals surface area contributed by atoms with E-state index >= 15 is 0 Å². The van der Waals surface area contributed by atoms with E-state index in [2.05, 4.69) is 45.4 Å². The molecule has 3 heterocycles. The second kappa shape index (κ2) is 8.91. The third-order valence-electron chi connectivity index (χ3n) is 6.40. The fourth-order valence-electron chi connectivity index (χ4n) is 4.86. The fourth-order valence-corrected chi connectivity index (χ4v) is 4.86. The van der Waals surface area contributed by atoms with Crippen molar-refractivity contribution in [3.63, 3.8) is 0 Å². The first-order valence-corrected chi connectivity index (χ1v) is 10.7. The van der Waals surface area contributed by atoms with Gasteiger partial charge in [-0.1, -0.05) is 36.8 Å². The summed E-state index contributed by atoms with van der Waals surface area (Å²) in [6.45, 7) is 4.81. The van der Waals surface area contributed by atoms with Crippen molar-refractivity contribution in [2.24, 2.45) is 18.9 Å². The smallest absolute Gasteiger partial charge is 0.226 e. The van der Waals surface area contributed by atoms with E-state index in [1.165, 1.54) is 17.5 Å². The van der Waals surface area contributed by atoms with Crippen LogP contribution in [0.2, 0.25) is 0 Å². The van der Waals surface area contributed by atoms with Gasteiger partial charge in [0.1, 0.15) is 0 Å². The van der Waals surface area contributed by atoms with Gasteiger partial charge in [-0.2, -0.15) is 5.10 Å². The number of rotatable bonds is 5.